The van der Waals surface area contributed by atoms with Crippen LogP contribution in [0.15, 0.2) is 18.2 Å². The van der Waals surface area contributed by atoms with Crippen LogP contribution < -0.4 is 5.46 Å². The standard InChI is InChI=1S/C15H21BO3/c1-6-11-9-13(8-7-12(11)10-17)16-18-14(2,3)15(4,5)19-16/h7-10H,6H2,1-5H3. The molecule has 1 fully saturated rings. The Labute approximate surface area is 115 Å². The van der Waals surface area contributed by atoms with Crippen molar-refractivity contribution in [1.29, 1.82) is 0 Å². The van der Waals surface area contributed by atoms with Gasteiger partial charge in [0, 0.05) is 5.56 Å². The Kier molecular flexibility index (Phi) is 3.58. The monoisotopic (exact) mass is 260 g/mol. The lowest BCUT2D eigenvalue weighted by atomic mass is 9.77. The molecule has 1 aromatic carbocycles. The van der Waals surface area contributed by atoms with Crippen molar-refractivity contribution >= 4 is 18.9 Å². The molecule has 1 saturated heterocycles. The molecular formula is C15H21BO3. The van der Waals surface area contributed by atoms with Gasteiger partial charge in [-0.25, -0.2) is 0 Å². The zero-order valence-corrected chi connectivity index (χ0v) is 12.3. The van der Waals surface area contributed by atoms with Gasteiger partial charge in [0.25, 0.3) is 0 Å². The Morgan fingerprint density at radius 3 is 2.21 bits per heavy atom. The average Bonchev–Trinajstić information content (AvgIpc) is 2.57. The maximum Gasteiger partial charge on any atom is 0.494 e. The molecule has 3 nitrogen and oxygen atoms in total. The summed E-state index contributed by atoms with van der Waals surface area (Å²) in [7, 11) is -0.365. The van der Waals surface area contributed by atoms with Crippen LogP contribution in [0.2, 0.25) is 0 Å². The first kappa shape index (κ1) is 14.3. The van der Waals surface area contributed by atoms with Gasteiger partial charge >= 0.3 is 7.12 Å². The smallest absolute Gasteiger partial charge is 0.399 e. The van der Waals surface area contributed by atoms with Crippen molar-refractivity contribution in [2.75, 3.05) is 0 Å². The summed E-state index contributed by atoms with van der Waals surface area (Å²) in [6.07, 6.45) is 1.72. The number of hydrogen-bond acceptors (Lipinski definition) is 3. The summed E-state index contributed by atoms with van der Waals surface area (Å²) in [6.45, 7) is 10.2. The summed E-state index contributed by atoms with van der Waals surface area (Å²) < 4.78 is 12.0. The second-order valence-electron chi connectivity index (χ2n) is 6.02. The van der Waals surface area contributed by atoms with Gasteiger partial charge in [0.1, 0.15) is 6.29 Å². The van der Waals surface area contributed by atoms with Crippen LogP contribution in [0.3, 0.4) is 0 Å². The van der Waals surface area contributed by atoms with Gasteiger partial charge in [-0.15, -0.1) is 0 Å². The minimum absolute atomic E-state index is 0.340. The highest BCUT2D eigenvalue weighted by molar-refractivity contribution is 6.62. The lowest BCUT2D eigenvalue weighted by molar-refractivity contribution is 0.00578. The van der Waals surface area contributed by atoms with Gasteiger partial charge in [0.2, 0.25) is 0 Å². The summed E-state index contributed by atoms with van der Waals surface area (Å²) in [5.41, 5.74) is 2.06. The minimum Gasteiger partial charge on any atom is -0.399 e. The second-order valence-corrected chi connectivity index (χ2v) is 6.02. The number of aryl methyl sites for hydroxylation is 1. The van der Waals surface area contributed by atoms with E-state index >= 15 is 0 Å². The summed E-state index contributed by atoms with van der Waals surface area (Å²) in [6, 6.07) is 5.75. The summed E-state index contributed by atoms with van der Waals surface area (Å²) in [5, 5.41) is 0. The molecule has 0 radical (unpaired) electrons. The second kappa shape index (κ2) is 4.76. The molecule has 0 atom stereocenters. The number of carbonyl (C=O) groups excluding carboxylic acids is 1. The van der Waals surface area contributed by atoms with Crippen molar-refractivity contribution < 1.29 is 14.1 Å². The van der Waals surface area contributed by atoms with Crippen molar-refractivity contribution in [2.24, 2.45) is 0 Å². The van der Waals surface area contributed by atoms with Crippen LogP contribution in [0.25, 0.3) is 0 Å². The fourth-order valence-corrected chi connectivity index (χ4v) is 2.17. The van der Waals surface area contributed by atoms with Crippen LogP contribution in [0.5, 0.6) is 0 Å². The lowest BCUT2D eigenvalue weighted by Crippen LogP contribution is -2.41. The number of carbonyl (C=O) groups is 1. The maximum absolute atomic E-state index is 11.0. The summed E-state index contributed by atoms with van der Waals surface area (Å²) in [5.74, 6) is 0. The number of benzene rings is 1. The molecule has 4 heteroatoms. The molecule has 102 valence electrons. The molecule has 0 aliphatic carbocycles. The van der Waals surface area contributed by atoms with Crippen LogP contribution in [0.4, 0.5) is 0 Å². The van der Waals surface area contributed by atoms with Crippen molar-refractivity contribution in [3.63, 3.8) is 0 Å². The largest absolute Gasteiger partial charge is 0.494 e. The Morgan fingerprint density at radius 1 is 1.16 bits per heavy atom. The molecule has 1 aliphatic heterocycles. The van der Waals surface area contributed by atoms with Crippen molar-refractivity contribution in [3.05, 3.63) is 29.3 Å². The van der Waals surface area contributed by atoms with Crippen LogP contribution >= 0.6 is 0 Å². The number of hydrogen-bond donors (Lipinski definition) is 0. The van der Waals surface area contributed by atoms with Crippen LogP contribution in [-0.4, -0.2) is 24.6 Å². The van der Waals surface area contributed by atoms with Crippen LogP contribution in [0, 0.1) is 0 Å². The Bertz CT molecular complexity index is 478. The Balaban J connectivity index is 2.32. The van der Waals surface area contributed by atoms with Gasteiger partial charge < -0.3 is 9.31 Å². The van der Waals surface area contributed by atoms with Gasteiger partial charge in [-0.05, 0) is 45.1 Å². The number of aldehydes is 1. The predicted octanol–water partition coefficient (Wildman–Crippen LogP) is 2.36. The third kappa shape index (κ3) is 2.47. The molecule has 0 N–H and O–H groups in total. The van der Waals surface area contributed by atoms with E-state index in [9.17, 15) is 4.79 Å². The minimum atomic E-state index is -0.365. The van der Waals surface area contributed by atoms with Gasteiger partial charge in [0.05, 0.1) is 11.2 Å². The van der Waals surface area contributed by atoms with E-state index in [1.807, 2.05) is 52.8 Å². The maximum atomic E-state index is 11.0. The molecule has 1 heterocycles. The highest BCUT2D eigenvalue weighted by Gasteiger charge is 2.51. The van der Waals surface area contributed by atoms with Gasteiger partial charge in [-0.2, -0.15) is 0 Å². The third-order valence-corrected chi connectivity index (χ3v) is 4.20. The lowest BCUT2D eigenvalue weighted by Gasteiger charge is -2.32. The third-order valence-electron chi connectivity index (χ3n) is 4.20. The van der Waals surface area contributed by atoms with E-state index in [-0.39, 0.29) is 18.3 Å². The zero-order chi connectivity index (χ0) is 14.3. The molecule has 0 aromatic heterocycles. The first-order chi connectivity index (χ1) is 8.80. The van der Waals surface area contributed by atoms with Crippen molar-refractivity contribution in [3.8, 4) is 0 Å². The van der Waals surface area contributed by atoms with E-state index in [2.05, 4.69) is 0 Å². The summed E-state index contributed by atoms with van der Waals surface area (Å²) >= 11 is 0. The molecule has 0 spiro atoms. The quantitative estimate of drug-likeness (QED) is 0.618. The normalized spacial score (nSPS) is 20.6. The van der Waals surface area contributed by atoms with Crippen LogP contribution in [0.1, 0.15) is 50.5 Å². The van der Waals surface area contributed by atoms with E-state index in [0.29, 0.717) is 0 Å². The van der Waals surface area contributed by atoms with Gasteiger partial charge in [-0.1, -0.05) is 25.1 Å². The van der Waals surface area contributed by atoms with E-state index in [4.69, 9.17) is 9.31 Å². The van der Waals surface area contributed by atoms with Crippen molar-refractivity contribution in [2.45, 2.75) is 52.2 Å². The SMILES string of the molecule is CCc1cc(B2OC(C)(C)C(C)(C)O2)ccc1C=O. The van der Waals surface area contributed by atoms with Crippen molar-refractivity contribution in [1.82, 2.24) is 0 Å². The molecule has 1 aliphatic rings. The molecular weight excluding hydrogens is 239 g/mol. The first-order valence-corrected chi connectivity index (χ1v) is 6.74. The average molecular weight is 260 g/mol. The molecule has 0 amide bonds. The summed E-state index contributed by atoms with van der Waals surface area (Å²) in [4.78, 5) is 11.0. The predicted molar refractivity (Wildman–Crippen MR) is 76.9 cm³/mol. The molecule has 1 aromatic rings. The van der Waals surface area contributed by atoms with E-state index < -0.39 is 0 Å². The van der Waals surface area contributed by atoms with Crippen LogP contribution in [-0.2, 0) is 15.7 Å². The fraction of sp³-hybridized carbons (Fsp3) is 0.533. The molecule has 0 bridgehead atoms. The fourth-order valence-electron chi connectivity index (χ4n) is 2.17. The van der Waals surface area contributed by atoms with E-state index in [1.165, 1.54) is 0 Å². The number of rotatable bonds is 3. The van der Waals surface area contributed by atoms with Gasteiger partial charge in [0.15, 0.2) is 0 Å². The van der Waals surface area contributed by atoms with Gasteiger partial charge in [-0.3, -0.25) is 4.79 Å². The van der Waals surface area contributed by atoms with E-state index in [0.717, 1.165) is 29.3 Å². The first-order valence-electron chi connectivity index (χ1n) is 6.74. The highest BCUT2D eigenvalue weighted by atomic mass is 16.7. The Morgan fingerprint density at radius 2 is 1.74 bits per heavy atom. The highest BCUT2D eigenvalue weighted by Crippen LogP contribution is 2.36. The molecule has 19 heavy (non-hydrogen) atoms. The topological polar surface area (TPSA) is 35.5 Å². The molecule has 0 saturated carbocycles. The molecule has 2 rings (SSSR count). The van der Waals surface area contributed by atoms with E-state index in [1.54, 1.807) is 0 Å². The zero-order valence-electron chi connectivity index (χ0n) is 12.3. The molecule has 0 unspecified atom stereocenters. The Hall–Kier alpha value is -1.13.